The Bertz CT molecular complexity index is 3320. The van der Waals surface area contributed by atoms with Crippen LogP contribution in [0.4, 0.5) is 0 Å². The predicted molar refractivity (Wildman–Crippen MR) is 235 cm³/mol. The molecule has 1 N–H and O–H groups in total. The van der Waals surface area contributed by atoms with Crippen molar-refractivity contribution in [2.45, 2.75) is 66.1 Å². The van der Waals surface area contributed by atoms with Crippen LogP contribution in [0, 0.1) is 6.85 Å². The van der Waals surface area contributed by atoms with Crippen LogP contribution in [0.25, 0.3) is 72.7 Å². The highest BCUT2D eigenvalue weighted by atomic mass is 16.3. The van der Waals surface area contributed by atoms with Gasteiger partial charge in [-0.1, -0.05) is 126 Å². The number of imidazole rings is 1. The van der Waals surface area contributed by atoms with E-state index in [0.29, 0.717) is 55.5 Å². The number of fused-ring (bicyclic) bond motifs is 1. The van der Waals surface area contributed by atoms with Gasteiger partial charge in [0.2, 0.25) is 0 Å². The predicted octanol–water partition coefficient (Wildman–Crippen LogP) is 14.1. The molecule has 4 nitrogen and oxygen atoms in total. The summed E-state index contributed by atoms with van der Waals surface area (Å²) in [6, 6.07) is 24.0. The van der Waals surface area contributed by atoms with Crippen LogP contribution >= 0.6 is 0 Å². The average molecular weight is 745 g/mol. The molecule has 0 saturated heterocycles. The SMILES string of the molecule is [2H]c1nc(-c2cc(-c3cccc4c3nc(-c3ccccc3O)n4-c3ccc(-c4c(C([2H])(C)C)cccc4C([2H])(C)C)cc3C([2H])([2H])[2H])cc(C(C)C)c2)c([2H])c(-c2c([2H])c([2H])c([2H])c([2H])c2[2H])c1[2H]. The molecule has 8 rings (SSSR count). The van der Waals surface area contributed by atoms with Crippen LogP contribution < -0.4 is 0 Å². The van der Waals surface area contributed by atoms with Crippen LogP contribution in [0.1, 0.15) is 99.3 Å². The highest BCUT2D eigenvalue weighted by molar-refractivity contribution is 5.97. The van der Waals surface area contributed by atoms with Gasteiger partial charge >= 0.3 is 0 Å². The highest BCUT2D eigenvalue weighted by Crippen LogP contribution is 2.42. The van der Waals surface area contributed by atoms with Gasteiger partial charge in [0.25, 0.3) is 0 Å². The van der Waals surface area contributed by atoms with E-state index in [1.54, 1.807) is 92.9 Å². The highest BCUT2D eigenvalue weighted by Gasteiger charge is 2.23. The summed E-state index contributed by atoms with van der Waals surface area (Å²) in [5.41, 5.74) is 5.39. The second kappa shape index (κ2) is 15.1. The van der Waals surface area contributed by atoms with Gasteiger partial charge in [0, 0.05) is 24.2 Å². The Hall–Kier alpha value is -6.26. The summed E-state index contributed by atoms with van der Waals surface area (Å²) in [6.07, 6.45) is -0.560. The first kappa shape index (κ1) is 24.3. The summed E-state index contributed by atoms with van der Waals surface area (Å²) in [4.78, 5) is 9.55. The van der Waals surface area contributed by atoms with E-state index in [0.717, 1.165) is 5.56 Å². The summed E-state index contributed by atoms with van der Waals surface area (Å²) >= 11 is 0. The molecule has 278 valence electrons. The monoisotopic (exact) mass is 744 g/mol. The molecule has 0 aliphatic heterocycles. The van der Waals surface area contributed by atoms with Gasteiger partial charge < -0.3 is 5.11 Å². The van der Waals surface area contributed by atoms with Crippen LogP contribution in [0.2, 0.25) is 0 Å². The van der Waals surface area contributed by atoms with Crippen molar-refractivity contribution in [3.63, 3.8) is 0 Å². The van der Waals surface area contributed by atoms with E-state index in [4.69, 9.17) is 21.4 Å². The average Bonchev–Trinajstić information content (AvgIpc) is 3.68. The first-order valence-electron chi connectivity index (χ1n) is 25.0. The number of aromatic hydroxyl groups is 1. The molecule has 0 saturated carbocycles. The van der Waals surface area contributed by atoms with Crippen LogP contribution in [0.3, 0.4) is 0 Å². The molecule has 0 spiro atoms. The number of phenols is 1. The number of nitrogens with zero attached hydrogens (tertiary/aromatic N) is 3. The molecule has 0 aliphatic rings. The van der Waals surface area contributed by atoms with E-state index in [1.165, 1.54) is 6.07 Å². The number of aryl methyl sites for hydroxylation is 1. The minimum Gasteiger partial charge on any atom is -0.507 e. The maximum Gasteiger partial charge on any atom is 0.149 e. The second-order valence-corrected chi connectivity index (χ2v) is 14.6. The zero-order valence-electron chi connectivity index (χ0n) is 45.1. The van der Waals surface area contributed by atoms with Crippen molar-refractivity contribution in [3.05, 3.63) is 168 Å². The lowest BCUT2D eigenvalue weighted by Crippen LogP contribution is -2.03. The molecule has 2 aromatic heterocycles. The molecule has 6 aromatic carbocycles. The Morgan fingerprint density at radius 3 is 2.11 bits per heavy atom. The fraction of sp³-hybridized carbons (Fsp3) is 0.192. The van der Waals surface area contributed by atoms with Crippen LogP contribution in [0.15, 0.2) is 146 Å². The summed E-state index contributed by atoms with van der Waals surface area (Å²) in [5, 5.41) is 11.4. The fourth-order valence-electron chi connectivity index (χ4n) is 7.23. The first-order valence-corrected chi connectivity index (χ1v) is 18.5. The molecule has 0 amide bonds. The maximum atomic E-state index is 11.4. The molecule has 8 aromatic rings. The number of hydrogen-bond donors (Lipinski definition) is 1. The second-order valence-electron chi connectivity index (χ2n) is 14.6. The zero-order valence-corrected chi connectivity index (χ0v) is 32.1. The van der Waals surface area contributed by atoms with E-state index in [1.807, 2.05) is 44.2 Å². The van der Waals surface area contributed by atoms with Crippen LogP contribution in [-0.2, 0) is 0 Å². The van der Waals surface area contributed by atoms with Crippen molar-refractivity contribution in [2.24, 2.45) is 0 Å². The van der Waals surface area contributed by atoms with E-state index < -0.39 is 67.1 Å². The maximum absolute atomic E-state index is 11.4. The van der Waals surface area contributed by atoms with Gasteiger partial charge in [-0.05, 0) is 129 Å². The zero-order chi connectivity index (χ0) is 50.4. The van der Waals surface area contributed by atoms with Crippen molar-refractivity contribution in [2.75, 3.05) is 0 Å². The lowest BCUT2D eigenvalue weighted by molar-refractivity contribution is 0.477. The number of hydrogen-bond acceptors (Lipinski definition) is 3. The van der Waals surface area contributed by atoms with E-state index in [-0.39, 0.29) is 45.6 Å². The van der Waals surface area contributed by atoms with Crippen molar-refractivity contribution >= 4 is 11.0 Å². The molecular weight excluding hydrogens is 683 g/mol. The number of aromatic nitrogens is 3. The van der Waals surface area contributed by atoms with E-state index in [9.17, 15) is 6.48 Å². The van der Waals surface area contributed by atoms with Crippen molar-refractivity contribution < 1.29 is 22.9 Å². The van der Waals surface area contributed by atoms with Gasteiger partial charge in [-0.2, -0.15) is 0 Å². The van der Waals surface area contributed by atoms with Gasteiger partial charge in [0.05, 0.1) is 38.9 Å². The molecule has 4 heteroatoms. The van der Waals surface area contributed by atoms with Gasteiger partial charge in [-0.3, -0.25) is 9.55 Å². The molecule has 0 unspecified atom stereocenters. The smallest absolute Gasteiger partial charge is 0.149 e. The lowest BCUT2D eigenvalue weighted by atomic mass is 9.84. The Morgan fingerprint density at radius 1 is 0.679 bits per heavy atom. The van der Waals surface area contributed by atoms with Gasteiger partial charge in [-0.15, -0.1) is 0 Å². The van der Waals surface area contributed by atoms with Crippen molar-refractivity contribution in [1.29, 1.82) is 0 Å². The van der Waals surface area contributed by atoms with Gasteiger partial charge in [0.15, 0.2) is 0 Å². The van der Waals surface area contributed by atoms with Crippen LogP contribution in [0.5, 0.6) is 5.75 Å². The molecule has 0 fully saturated rings. The standard InChI is InChI=1S/C52H49N3O/c1-32(2)39-28-40(30-41(29-39)46-31-37(25-26-53-46)36-15-9-8-10-16-36)44-20-14-21-48-51(44)54-52(45-17-11-12-22-49(45)56)55(48)47-24-23-38(27-35(47)7)50-42(33(3)4)18-13-19-43(50)34(5)6/h8-34,56H,1-7H3/i7D3,8D,9D,10D,15D,16D,25D,26D,31D,33D,34D. The number of para-hydroxylation sites is 2. The summed E-state index contributed by atoms with van der Waals surface area (Å²) in [7, 11) is 0. The molecular formula is C52H49N3O. The largest absolute Gasteiger partial charge is 0.507 e. The Kier molecular flexibility index (Phi) is 6.56. The molecule has 0 atom stereocenters. The number of rotatable bonds is 9. The van der Waals surface area contributed by atoms with Crippen molar-refractivity contribution in [3.8, 4) is 67.5 Å². The topological polar surface area (TPSA) is 50.9 Å². The molecule has 2 heterocycles. The van der Waals surface area contributed by atoms with Crippen LogP contribution in [-0.4, -0.2) is 19.6 Å². The molecule has 56 heavy (non-hydrogen) atoms. The first-order chi connectivity index (χ1) is 32.2. The molecule has 0 aliphatic carbocycles. The number of phenolic OH excluding ortho intramolecular Hbond substituents is 1. The Morgan fingerprint density at radius 2 is 1.39 bits per heavy atom. The number of benzene rings is 6. The van der Waals surface area contributed by atoms with E-state index in [2.05, 4.69) is 4.98 Å². The van der Waals surface area contributed by atoms with Crippen molar-refractivity contribution in [1.82, 2.24) is 14.5 Å². The van der Waals surface area contributed by atoms with E-state index >= 15 is 0 Å². The summed E-state index contributed by atoms with van der Waals surface area (Å²) < 4.78 is 116. The normalized spacial score (nSPS) is 15.6. The Labute approximate surface area is 349 Å². The quantitative estimate of drug-likeness (QED) is 0.160. The van der Waals surface area contributed by atoms with Gasteiger partial charge in [-0.25, -0.2) is 4.98 Å². The Balaban J connectivity index is 1.41. The van der Waals surface area contributed by atoms with Gasteiger partial charge in [0.1, 0.15) is 11.6 Å². The lowest BCUT2D eigenvalue weighted by Gasteiger charge is -2.21. The molecule has 0 bridgehead atoms. The fourth-order valence-corrected chi connectivity index (χ4v) is 7.23. The third kappa shape index (κ3) is 6.81. The third-order valence-corrected chi connectivity index (χ3v) is 10.0. The minimum absolute atomic E-state index is 0.0372. The number of pyridine rings is 1. The summed E-state index contributed by atoms with van der Waals surface area (Å²) in [6.45, 7) is 8.27. The minimum atomic E-state index is -2.70. The molecule has 0 radical (unpaired) electrons. The summed E-state index contributed by atoms with van der Waals surface area (Å²) in [5.74, 6) is -2.16. The third-order valence-electron chi connectivity index (χ3n) is 10.0.